The molecule has 1 saturated heterocycles. The topological polar surface area (TPSA) is 78.7 Å². The first-order valence-corrected chi connectivity index (χ1v) is 9.18. The van der Waals surface area contributed by atoms with Gasteiger partial charge in [-0.15, -0.1) is 0 Å². The maximum Gasteiger partial charge on any atom is 0.241 e. The number of hydrogen-bond acceptors (Lipinski definition) is 4. The van der Waals surface area contributed by atoms with Gasteiger partial charge in [-0.1, -0.05) is 26.3 Å². The summed E-state index contributed by atoms with van der Waals surface area (Å²) in [6.07, 6.45) is 0.865. The number of halogens is 1. The molecule has 3 unspecified atom stereocenters. The number of nitrogens with one attached hydrogen (secondary N) is 1. The number of amides is 2. The van der Waals surface area contributed by atoms with Gasteiger partial charge in [-0.25, -0.2) is 4.39 Å². The largest absolute Gasteiger partial charge is 0.339 e. The minimum absolute atomic E-state index is 0.0177. The molecule has 3 N–H and O–H groups in total. The summed E-state index contributed by atoms with van der Waals surface area (Å²) in [5.41, 5.74) is 6.48. The molecule has 144 valence electrons. The van der Waals surface area contributed by atoms with Crippen LogP contribution in [0.1, 0.15) is 27.2 Å². The molecule has 0 radical (unpaired) electrons. The Morgan fingerprint density at radius 2 is 1.88 bits per heavy atom. The fourth-order valence-electron chi connectivity index (χ4n) is 3.02. The van der Waals surface area contributed by atoms with Crippen molar-refractivity contribution < 1.29 is 14.0 Å². The van der Waals surface area contributed by atoms with Gasteiger partial charge in [0, 0.05) is 31.9 Å². The molecule has 26 heavy (non-hydrogen) atoms. The first-order valence-electron chi connectivity index (χ1n) is 9.18. The fraction of sp³-hybridized carbons (Fsp3) is 0.579. The zero-order valence-corrected chi connectivity index (χ0v) is 15.7. The smallest absolute Gasteiger partial charge is 0.241 e. The predicted octanol–water partition coefficient (Wildman–Crippen LogP) is 1.67. The second-order valence-corrected chi connectivity index (χ2v) is 6.95. The lowest BCUT2D eigenvalue weighted by atomic mass is 9.98. The van der Waals surface area contributed by atoms with Crippen molar-refractivity contribution in [3.63, 3.8) is 0 Å². The van der Waals surface area contributed by atoms with Crippen molar-refractivity contribution in [1.29, 1.82) is 0 Å². The van der Waals surface area contributed by atoms with Crippen molar-refractivity contribution in [2.75, 3.05) is 31.5 Å². The summed E-state index contributed by atoms with van der Waals surface area (Å²) in [4.78, 5) is 28.7. The van der Waals surface area contributed by atoms with E-state index in [1.165, 1.54) is 12.1 Å². The molecule has 2 rings (SSSR count). The van der Waals surface area contributed by atoms with Crippen molar-refractivity contribution in [2.24, 2.45) is 11.7 Å². The molecule has 1 aromatic carbocycles. The minimum Gasteiger partial charge on any atom is -0.339 e. The van der Waals surface area contributed by atoms with Crippen LogP contribution in [0.4, 0.5) is 10.1 Å². The molecule has 0 bridgehead atoms. The Morgan fingerprint density at radius 3 is 2.46 bits per heavy atom. The summed E-state index contributed by atoms with van der Waals surface area (Å²) in [5, 5.41) is 2.73. The number of anilines is 1. The second-order valence-electron chi connectivity index (χ2n) is 6.95. The monoisotopic (exact) mass is 364 g/mol. The van der Waals surface area contributed by atoms with Crippen LogP contribution in [-0.2, 0) is 9.59 Å². The van der Waals surface area contributed by atoms with E-state index in [0.717, 1.165) is 6.42 Å². The number of hydrogen-bond donors (Lipinski definition) is 2. The molecule has 1 fully saturated rings. The van der Waals surface area contributed by atoms with Crippen LogP contribution < -0.4 is 11.1 Å². The quantitative estimate of drug-likeness (QED) is 0.805. The lowest BCUT2D eigenvalue weighted by Gasteiger charge is -2.38. The van der Waals surface area contributed by atoms with Gasteiger partial charge >= 0.3 is 0 Å². The number of carbonyl (C=O) groups is 2. The Morgan fingerprint density at radius 1 is 1.23 bits per heavy atom. The number of nitrogens with two attached hydrogens (primary N) is 1. The van der Waals surface area contributed by atoms with Gasteiger partial charge in [-0.2, -0.15) is 0 Å². The van der Waals surface area contributed by atoms with Crippen LogP contribution in [0, 0.1) is 11.7 Å². The maximum atomic E-state index is 13.2. The summed E-state index contributed by atoms with van der Waals surface area (Å²) in [5.74, 6) is -0.445. The van der Waals surface area contributed by atoms with Crippen molar-refractivity contribution in [1.82, 2.24) is 9.80 Å². The summed E-state index contributed by atoms with van der Waals surface area (Å²) >= 11 is 0. The third kappa shape index (κ3) is 5.02. The van der Waals surface area contributed by atoms with Crippen LogP contribution in [0.25, 0.3) is 0 Å². The predicted molar refractivity (Wildman–Crippen MR) is 100 cm³/mol. The van der Waals surface area contributed by atoms with Gasteiger partial charge in [0.15, 0.2) is 0 Å². The molecular formula is C19H29FN4O2. The van der Waals surface area contributed by atoms with Crippen molar-refractivity contribution >= 4 is 17.5 Å². The molecule has 0 aromatic heterocycles. The molecule has 3 atom stereocenters. The summed E-state index contributed by atoms with van der Waals surface area (Å²) in [6, 6.07) is 5.00. The number of nitrogens with zero attached hydrogens (tertiary/aromatic N) is 2. The van der Waals surface area contributed by atoms with Gasteiger partial charge in [0.1, 0.15) is 5.82 Å². The van der Waals surface area contributed by atoms with E-state index in [1.807, 2.05) is 25.7 Å². The third-order valence-corrected chi connectivity index (χ3v) is 5.19. The number of benzene rings is 1. The molecule has 0 spiro atoms. The lowest BCUT2D eigenvalue weighted by molar-refractivity contribution is -0.136. The van der Waals surface area contributed by atoms with E-state index in [-0.39, 0.29) is 29.6 Å². The minimum atomic E-state index is -0.472. The van der Waals surface area contributed by atoms with Gasteiger partial charge in [0.25, 0.3) is 0 Å². The molecule has 1 aliphatic rings. The standard InChI is InChI=1S/C19H29FN4O2/c1-4-13(2)17(21)19(26)24-10-8-23(9-11-24)14(3)18(25)22-16-7-5-6-15(20)12-16/h5-7,12-14,17H,4,8-11,21H2,1-3H3,(H,22,25). The van der Waals surface area contributed by atoms with E-state index < -0.39 is 6.04 Å². The zero-order valence-electron chi connectivity index (χ0n) is 15.7. The highest BCUT2D eigenvalue weighted by Gasteiger charge is 2.30. The summed E-state index contributed by atoms with van der Waals surface area (Å²) in [7, 11) is 0. The normalized spacial score (nSPS) is 18.9. The van der Waals surface area contributed by atoms with Gasteiger partial charge in [-0.3, -0.25) is 14.5 Å². The first-order chi connectivity index (χ1) is 12.3. The van der Waals surface area contributed by atoms with Gasteiger partial charge < -0.3 is 16.0 Å². The Kier molecular flexibility index (Phi) is 7.11. The van der Waals surface area contributed by atoms with E-state index >= 15 is 0 Å². The zero-order chi connectivity index (χ0) is 19.3. The average molecular weight is 364 g/mol. The first kappa shape index (κ1) is 20.3. The number of rotatable bonds is 6. The van der Waals surface area contributed by atoms with Crippen LogP contribution in [0.15, 0.2) is 24.3 Å². The highest BCUT2D eigenvalue weighted by Crippen LogP contribution is 2.14. The van der Waals surface area contributed by atoms with Crippen LogP contribution in [0.2, 0.25) is 0 Å². The van der Waals surface area contributed by atoms with Crippen molar-refractivity contribution in [3.05, 3.63) is 30.1 Å². The van der Waals surface area contributed by atoms with Crippen LogP contribution in [-0.4, -0.2) is 59.9 Å². The number of piperazine rings is 1. The van der Waals surface area contributed by atoms with Gasteiger partial charge in [0.05, 0.1) is 12.1 Å². The van der Waals surface area contributed by atoms with E-state index in [1.54, 1.807) is 17.0 Å². The summed E-state index contributed by atoms with van der Waals surface area (Å²) < 4.78 is 13.2. The van der Waals surface area contributed by atoms with E-state index in [4.69, 9.17) is 5.73 Å². The van der Waals surface area contributed by atoms with Gasteiger partial charge in [-0.05, 0) is 31.0 Å². The summed E-state index contributed by atoms with van der Waals surface area (Å²) in [6.45, 7) is 8.15. The fourth-order valence-corrected chi connectivity index (χ4v) is 3.02. The molecule has 0 aliphatic carbocycles. The Balaban J connectivity index is 1.86. The molecule has 1 aromatic rings. The van der Waals surface area contributed by atoms with Gasteiger partial charge in [0.2, 0.25) is 11.8 Å². The van der Waals surface area contributed by atoms with Crippen LogP contribution in [0.5, 0.6) is 0 Å². The highest BCUT2D eigenvalue weighted by atomic mass is 19.1. The van der Waals surface area contributed by atoms with E-state index in [0.29, 0.717) is 31.9 Å². The maximum absolute atomic E-state index is 13.2. The molecule has 2 amide bonds. The molecule has 1 aliphatic heterocycles. The van der Waals surface area contributed by atoms with Crippen LogP contribution >= 0.6 is 0 Å². The Labute approximate surface area is 154 Å². The molecule has 7 heteroatoms. The Hall–Kier alpha value is -1.99. The SMILES string of the molecule is CCC(C)C(N)C(=O)N1CCN(C(C)C(=O)Nc2cccc(F)c2)CC1. The molecule has 1 heterocycles. The second kappa shape index (κ2) is 9.09. The van der Waals surface area contributed by atoms with E-state index in [2.05, 4.69) is 5.32 Å². The highest BCUT2D eigenvalue weighted by molar-refractivity contribution is 5.94. The molecular weight excluding hydrogens is 335 g/mol. The molecule has 0 saturated carbocycles. The van der Waals surface area contributed by atoms with Crippen molar-refractivity contribution in [2.45, 2.75) is 39.3 Å². The van der Waals surface area contributed by atoms with E-state index in [9.17, 15) is 14.0 Å². The van der Waals surface area contributed by atoms with Crippen LogP contribution in [0.3, 0.4) is 0 Å². The van der Waals surface area contributed by atoms with Crippen molar-refractivity contribution in [3.8, 4) is 0 Å². The average Bonchev–Trinajstić information content (AvgIpc) is 2.65. The third-order valence-electron chi connectivity index (χ3n) is 5.19. The number of carbonyl (C=O) groups excluding carboxylic acids is 2. The Bertz CT molecular complexity index is 632. The molecule has 6 nitrogen and oxygen atoms in total. The lowest BCUT2D eigenvalue weighted by Crippen LogP contribution is -2.57.